The largest absolute Gasteiger partial charge is 0.350 e. The van der Waals surface area contributed by atoms with Gasteiger partial charge in [-0.05, 0) is 18.8 Å². The molecule has 1 unspecified atom stereocenters. The summed E-state index contributed by atoms with van der Waals surface area (Å²) in [5.41, 5.74) is 5.97. The van der Waals surface area contributed by atoms with E-state index in [1.54, 1.807) is 0 Å². The van der Waals surface area contributed by atoms with Gasteiger partial charge in [0.2, 0.25) is 5.91 Å². The Balaban J connectivity index is 2.48. The fraction of sp³-hybridized carbons (Fsp3) is 0.929. The van der Waals surface area contributed by atoms with Gasteiger partial charge in [-0.25, -0.2) is 0 Å². The molecular formula is C14H28N2OS2. The molecule has 0 aromatic carbocycles. The van der Waals surface area contributed by atoms with Gasteiger partial charge in [0.05, 0.1) is 10.6 Å². The molecule has 1 aliphatic rings. The van der Waals surface area contributed by atoms with Crippen molar-refractivity contribution < 1.29 is 4.79 Å². The molecule has 0 bridgehead atoms. The zero-order valence-corrected chi connectivity index (χ0v) is 14.0. The molecule has 0 saturated carbocycles. The summed E-state index contributed by atoms with van der Waals surface area (Å²) in [6.45, 7) is 6.40. The van der Waals surface area contributed by atoms with Gasteiger partial charge in [-0.2, -0.15) is 0 Å². The van der Waals surface area contributed by atoms with Crippen molar-refractivity contribution in [3.8, 4) is 0 Å². The zero-order chi connectivity index (χ0) is 14.3. The Morgan fingerprint density at radius 2 is 2.00 bits per heavy atom. The van der Waals surface area contributed by atoms with Gasteiger partial charge >= 0.3 is 0 Å². The van der Waals surface area contributed by atoms with Crippen LogP contribution in [0.2, 0.25) is 0 Å². The average molecular weight is 305 g/mol. The molecule has 0 spiro atoms. The maximum atomic E-state index is 12.2. The zero-order valence-electron chi connectivity index (χ0n) is 12.4. The molecule has 112 valence electrons. The van der Waals surface area contributed by atoms with E-state index in [0.717, 1.165) is 12.8 Å². The first-order chi connectivity index (χ1) is 9.04. The Labute approximate surface area is 126 Å². The minimum absolute atomic E-state index is 0.0305. The highest BCUT2D eigenvalue weighted by Gasteiger charge is 2.28. The fourth-order valence-electron chi connectivity index (χ4n) is 2.21. The third-order valence-corrected chi connectivity index (χ3v) is 6.50. The first-order valence-electron chi connectivity index (χ1n) is 7.33. The number of unbranched alkanes of at least 4 members (excludes halogenated alkanes) is 1. The summed E-state index contributed by atoms with van der Waals surface area (Å²) >= 11 is 3.95. The smallest absolute Gasteiger partial charge is 0.237 e. The third-order valence-electron chi connectivity index (χ3n) is 3.23. The third kappa shape index (κ3) is 6.41. The van der Waals surface area contributed by atoms with Crippen molar-refractivity contribution in [1.82, 2.24) is 5.32 Å². The second-order valence-electron chi connectivity index (χ2n) is 5.60. The molecule has 1 heterocycles. The van der Waals surface area contributed by atoms with Crippen LogP contribution in [0, 0.1) is 5.92 Å². The molecule has 0 aliphatic carbocycles. The lowest BCUT2D eigenvalue weighted by Crippen LogP contribution is -2.48. The number of hydrogen-bond acceptors (Lipinski definition) is 4. The van der Waals surface area contributed by atoms with Crippen molar-refractivity contribution in [3.05, 3.63) is 0 Å². The Morgan fingerprint density at radius 1 is 1.37 bits per heavy atom. The molecule has 1 rings (SSSR count). The molecule has 1 saturated heterocycles. The number of carbonyl (C=O) groups excluding carboxylic acids is 1. The minimum atomic E-state index is -0.361. The minimum Gasteiger partial charge on any atom is -0.350 e. The topological polar surface area (TPSA) is 55.1 Å². The van der Waals surface area contributed by atoms with Gasteiger partial charge in [-0.1, -0.05) is 33.6 Å². The number of amides is 1. The van der Waals surface area contributed by atoms with Gasteiger partial charge in [0.1, 0.15) is 0 Å². The molecule has 1 aliphatic heterocycles. The number of hydrogen-bond donors (Lipinski definition) is 2. The first-order valence-corrected chi connectivity index (χ1v) is 9.43. The van der Waals surface area contributed by atoms with Crippen LogP contribution in [-0.4, -0.2) is 34.1 Å². The van der Waals surface area contributed by atoms with E-state index in [9.17, 15) is 4.79 Å². The van der Waals surface area contributed by atoms with E-state index in [-0.39, 0.29) is 18.0 Å². The lowest BCUT2D eigenvalue weighted by Gasteiger charge is -2.25. The Hall–Kier alpha value is 0.130. The van der Waals surface area contributed by atoms with Crippen LogP contribution < -0.4 is 11.1 Å². The maximum Gasteiger partial charge on any atom is 0.237 e. The van der Waals surface area contributed by atoms with Crippen molar-refractivity contribution in [1.29, 1.82) is 0 Å². The van der Waals surface area contributed by atoms with E-state index in [2.05, 4.69) is 26.1 Å². The summed E-state index contributed by atoms with van der Waals surface area (Å²) in [6, 6.07) is -0.0799. The highest BCUT2D eigenvalue weighted by molar-refractivity contribution is 8.20. The molecule has 19 heavy (non-hydrogen) atoms. The van der Waals surface area contributed by atoms with Crippen LogP contribution in [-0.2, 0) is 4.79 Å². The van der Waals surface area contributed by atoms with Crippen LogP contribution in [0.15, 0.2) is 0 Å². The van der Waals surface area contributed by atoms with E-state index in [1.807, 2.05) is 23.5 Å². The summed E-state index contributed by atoms with van der Waals surface area (Å²) in [5.74, 6) is 2.89. The van der Waals surface area contributed by atoms with Gasteiger partial charge in [0.15, 0.2) is 0 Å². The normalized spacial score (nSPS) is 19.6. The molecule has 2 atom stereocenters. The van der Waals surface area contributed by atoms with Crippen molar-refractivity contribution in [2.75, 3.05) is 11.5 Å². The van der Waals surface area contributed by atoms with E-state index in [0.29, 0.717) is 10.5 Å². The first kappa shape index (κ1) is 17.2. The number of rotatable bonds is 8. The van der Waals surface area contributed by atoms with Crippen LogP contribution in [0.25, 0.3) is 0 Å². The van der Waals surface area contributed by atoms with Crippen LogP contribution in [0.5, 0.6) is 0 Å². The molecule has 0 aromatic heterocycles. The Morgan fingerprint density at radius 3 is 2.53 bits per heavy atom. The predicted octanol–water partition coefficient (Wildman–Crippen LogP) is 2.84. The summed E-state index contributed by atoms with van der Waals surface area (Å²) in [6.07, 6.45) is 4.17. The quantitative estimate of drug-likeness (QED) is 0.724. The number of thioether (sulfide) groups is 2. The number of carbonyl (C=O) groups is 1. The van der Waals surface area contributed by atoms with Crippen molar-refractivity contribution in [3.63, 3.8) is 0 Å². The SMILES string of the molecule is CCCCC(NC(=O)[C@@H](N)CC(C)C)C1SCCS1. The summed E-state index contributed by atoms with van der Waals surface area (Å²) in [5, 5.41) is 3.19. The second kappa shape index (κ2) is 9.14. The molecule has 0 radical (unpaired) electrons. The van der Waals surface area contributed by atoms with Crippen molar-refractivity contribution in [2.45, 2.75) is 63.1 Å². The highest BCUT2D eigenvalue weighted by Crippen LogP contribution is 2.35. The van der Waals surface area contributed by atoms with Crippen LogP contribution in [0.4, 0.5) is 0 Å². The van der Waals surface area contributed by atoms with E-state index < -0.39 is 0 Å². The van der Waals surface area contributed by atoms with E-state index in [4.69, 9.17) is 5.73 Å². The average Bonchev–Trinajstić information content (AvgIpc) is 2.86. The van der Waals surface area contributed by atoms with Crippen molar-refractivity contribution in [2.24, 2.45) is 11.7 Å². The monoisotopic (exact) mass is 304 g/mol. The van der Waals surface area contributed by atoms with Gasteiger partial charge in [0, 0.05) is 17.5 Å². The van der Waals surface area contributed by atoms with E-state index >= 15 is 0 Å². The van der Waals surface area contributed by atoms with Gasteiger partial charge in [0.25, 0.3) is 0 Å². The highest BCUT2D eigenvalue weighted by atomic mass is 32.2. The molecule has 3 N–H and O–H groups in total. The molecule has 5 heteroatoms. The molecule has 0 aromatic rings. The molecule has 1 fully saturated rings. The van der Waals surface area contributed by atoms with Crippen LogP contribution in [0.3, 0.4) is 0 Å². The summed E-state index contributed by atoms with van der Waals surface area (Å²) < 4.78 is 0.516. The Kier molecular flexibility index (Phi) is 8.26. The molecule has 3 nitrogen and oxygen atoms in total. The molecule has 1 amide bonds. The standard InChI is InChI=1S/C14H28N2OS2/c1-4-5-6-12(14-18-7-8-19-14)16-13(17)11(15)9-10(2)3/h10-12,14H,4-9,15H2,1-3H3,(H,16,17)/t11-,12?/m0/s1. The Bertz CT molecular complexity index is 268. The van der Waals surface area contributed by atoms with Gasteiger partial charge in [-0.3, -0.25) is 4.79 Å². The maximum absolute atomic E-state index is 12.2. The lowest BCUT2D eigenvalue weighted by molar-refractivity contribution is -0.123. The van der Waals surface area contributed by atoms with Gasteiger partial charge in [-0.15, -0.1) is 23.5 Å². The van der Waals surface area contributed by atoms with Crippen molar-refractivity contribution >= 4 is 29.4 Å². The number of nitrogens with one attached hydrogen (secondary N) is 1. The lowest BCUT2D eigenvalue weighted by atomic mass is 10.0. The summed E-state index contributed by atoms with van der Waals surface area (Å²) in [4.78, 5) is 12.2. The number of nitrogens with two attached hydrogens (primary N) is 1. The second-order valence-corrected chi connectivity index (χ2v) is 8.40. The van der Waals surface area contributed by atoms with Crippen LogP contribution >= 0.6 is 23.5 Å². The predicted molar refractivity (Wildman–Crippen MR) is 87.6 cm³/mol. The molecular weight excluding hydrogens is 276 g/mol. The summed E-state index contributed by atoms with van der Waals surface area (Å²) in [7, 11) is 0. The van der Waals surface area contributed by atoms with Gasteiger partial charge < -0.3 is 11.1 Å². The van der Waals surface area contributed by atoms with Crippen LogP contribution in [0.1, 0.15) is 46.5 Å². The van der Waals surface area contributed by atoms with E-state index in [1.165, 1.54) is 24.3 Å². The fourth-order valence-corrected chi connectivity index (χ4v) is 5.28.